The third-order valence-corrected chi connectivity index (χ3v) is 7.00. The predicted octanol–water partition coefficient (Wildman–Crippen LogP) is 4.39. The quantitative estimate of drug-likeness (QED) is 0.567. The van der Waals surface area contributed by atoms with E-state index in [2.05, 4.69) is 138 Å². The monoisotopic (exact) mass is 438 g/mol. The molecule has 2 aliphatic rings. The average Bonchev–Trinajstić information content (AvgIpc) is 3.28. The van der Waals surface area contributed by atoms with Crippen molar-refractivity contribution in [2.45, 2.75) is 18.1 Å². The summed E-state index contributed by atoms with van der Waals surface area (Å²) in [5.41, 5.74) is 3.91. The Kier molecular flexibility index (Phi) is 5.63. The Hall–Kier alpha value is -3.60. The highest BCUT2D eigenvalue weighted by molar-refractivity contribution is 5.94. The maximum atomic E-state index is 5.26. The van der Waals surface area contributed by atoms with Gasteiger partial charge in [-0.15, -0.1) is 0 Å². The molecule has 3 atom stereocenters. The zero-order chi connectivity index (χ0) is 22.9. The van der Waals surface area contributed by atoms with Crippen LogP contribution >= 0.6 is 0 Å². The van der Waals surface area contributed by atoms with Gasteiger partial charge in [0.1, 0.15) is 12.6 Å². The molecular formula is C28H32N5+. The molecule has 2 aliphatic heterocycles. The summed E-state index contributed by atoms with van der Waals surface area (Å²) >= 11 is 0. The van der Waals surface area contributed by atoms with E-state index < -0.39 is 0 Å². The molecule has 33 heavy (non-hydrogen) atoms. The lowest BCUT2D eigenvalue weighted by molar-refractivity contribution is -0.491. The molecule has 5 rings (SSSR count). The van der Waals surface area contributed by atoms with Crippen molar-refractivity contribution in [2.75, 3.05) is 34.7 Å². The van der Waals surface area contributed by atoms with Gasteiger partial charge in [-0.2, -0.15) is 0 Å². The van der Waals surface area contributed by atoms with Gasteiger partial charge in [0, 0.05) is 14.1 Å². The second-order valence-electron chi connectivity index (χ2n) is 9.06. The Bertz CT molecular complexity index is 1100. The number of guanidine groups is 2. The number of aliphatic imine (C=N–C) groups is 1. The van der Waals surface area contributed by atoms with Crippen LogP contribution in [0.25, 0.3) is 0 Å². The van der Waals surface area contributed by atoms with Gasteiger partial charge in [0.2, 0.25) is 0 Å². The highest BCUT2D eigenvalue weighted by atomic mass is 15.5. The van der Waals surface area contributed by atoms with Crippen LogP contribution in [0.3, 0.4) is 0 Å². The smallest absolute Gasteiger partial charge is 0.322 e. The van der Waals surface area contributed by atoms with Gasteiger partial charge in [0.25, 0.3) is 5.96 Å². The number of likely N-dealkylation sites (N-methyl/N-ethyl adjacent to an activating group) is 4. The van der Waals surface area contributed by atoms with Gasteiger partial charge in [0.15, 0.2) is 0 Å². The van der Waals surface area contributed by atoms with E-state index in [1.807, 2.05) is 0 Å². The highest BCUT2D eigenvalue weighted by Gasteiger charge is 2.46. The molecule has 1 saturated heterocycles. The number of hydrogen-bond donors (Lipinski definition) is 0. The summed E-state index contributed by atoms with van der Waals surface area (Å²) in [6.07, 6.45) is 0. The molecule has 3 aromatic rings. The Morgan fingerprint density at radius 2 is 1.06 bits per heavy atom. The summed E-state index contributed by atoms with van der Waals surface area (Å²) in [5.74, 6) is 1.98. The molecule has 0 aromatic heterocycles. The van der Waals surface area contributed by atoms with Gasteiger partial charge < -0.3 is 9.80 Å². The van der Waals surface area contributed by atoms with E-state index in [4.69, 9.17) is 4.99 Å². The fraction of sp³-hybridized carbons (Fsp3) is 0.286. The van der Waals surface area contributed by atoms with Crippen LogP contribution in [-0.4, -0.2) is 65.9 Å². The van der Waals surface area contributed by atoms with Crippen LogP contribution in [0.1, 0.15) is 34.8 Å². The molecule has 5 heteroatoms. The molecular weight excluding hydrogens is 406 g/mol. The van der Waals surface area contributed by atoms with E-state index in [9.17, 15) is 0 Å². The van der Waals surface area contributed by atoms with Crippen molar-refractivity contribution in [2.24, 2.45) is 4.99 Å². The zero-order valence-corrected chi connectivity index (χ0v) is 19.8. The minimum Gasteiger partial charge on any atom is -0.322 e. The highest BCUT2D eigenvalue weighted by Crippen LogP contribution is 2.43. The van der Waals surface area contributed by atoms with Crippen molar-refractivity contribution in [1.29, 1.82) is 0 Å². The lowest BCUT2D eigenvalue weighted by Gasteiger charge is -2.26. The van der Waals surface area contributed by atoms with Crippen molar-refractivity contribution in [3.63, 3.8) is 0 Å². The zero-order valence-electron chi connectivity index (χ0n) is 19.8. The van der Waals surface area contributed by atoms with Gasteiger partial charge in [-0.3, -0.25) is 9.48 Å². The van der Waals surface area contributed by atoms with Gasteiger partial charge in [-0.25, -0.2) is 0 Å². The average molecular weight is 439 g/mol. The van der Waals surface area contributed by atoms with Crippen LogP contribution in [0.4, 0.5) is 0 Å². The van der Waals surface area contributed by atoms with E-state index in [0.29, 0.717) is 6.04 Å². The summed E-state index contributed by atoms with van der Waals surface area (Å²) < 4.78 is 2.26. The molecule has 0 amide bonds. The standard InChI is InChI=1S/C28H32N5/c1-30-20-24(21-14-8-5-9-15-21)31(2)27(30)29-28-32(3)25(22-16-10-6-11-17-22)26(33(28)4)23-18-12-7-13-19-23/h5-19,24-26H,20H2,1-4H3/q+1. The number of rotatable bonds is 3. The Labute approximate surface area is 196 Å². The predicted molar refractivity (Wildman–Crippen MR) is 134 cm³/mol. The molecule has 5 nitrogen and oxygen atoms in total. The van der Waals surface area contributed by atoms with Crippen LogP contribution in [0.15, 0.2) is 96.0 Å². The van der Waals surface area contributed by atoms with Crippen LogP contribution in [0, 0.1) is 0 Å². The molecule has 0 N–H and O–H groups in total. The first-order valence-electron chi connectivity index (χ1n) is 11.6. The Morgan fingerprint density at radius 1 is 0.636 bits per heavy atom. The minimum atomic E-state index is 0.180. The second-order valence-corrected chi connectivity index (χ2v) is 9.06. The molecule has 2 heterocycles. The fourth-order valence-corrected chi connectivity index (χ4v) is 5.32. The van der Waals surface area contributed by atoms with Crippen molar-refractivity contribution in [1.82, 2.24) is 14.7 Å². The molecule has 3 aromatic carbocycles. The molecule has 168 valence electrons. The summed E-state index contributed by atoms with van der Waals surface area (Å²) in [4.78, 5) is 12.2. The van der Waals surface area contributed by atoms with Crippen molar-refractivity contribution in [3.8, 4) is 0 Å². The molecule has 0 bridgehead atoms. The molecule has 3 unspecified atom stereocenters. The van der Waals surface area contributed by atoms with E-state index >= 15 is 0 Å². The maximum absolute atomic E-state index is 5.26. The summed E-state index contributed by atoms with van der Waals surface area (Å²) in [6, 6.07) is 32.9. The van der Waals surface area contributed by atoms with Crippen LogP contribution in [0.2, 0.25) is 0 Å². The number of nitrogens with zero attached hydrogens (tertiary/aromatic N) is 5. The molecule has 1 fully saturated rings. The first kappa shape index (κ1) is 21.3. The summed E-state index contributed by atoms with van der Waals surface area (Å²) in [6.45, 7) is 0.921. The lowest BCUT2D eigenvalue weighted by atomic mass is 9.93. The van der Waals surface area contributed by atoms with Gasteiger partial charge in [0.05, 0.1) is 26.2 Å². The SMILES string of the molecule is CN1C(N=C2N(C)C(c3ccccc3)C(c3ccccc3)N2C)=[N+](C)CC1c1ccccc1. The Balaban J connectivity index is 1.53. The van der Waals surface area contributed by atoms with Crippen molar-refractivity contribution in [3.05, 3.63) is 108 Å². The minimum absolute atomic E-state index is 0.180. The first-order chi connectivity index (χ1) is 16.1. The van der Waals surface area contributed by atoms with Gasteiger partial charge >= 0.3 is 5.96 Å². The molecule has 0 spiro atoms. The number of hydrogen-bond acceptors (Lipinski definition) is 2. The topological polar surface area (TPSA) is 25.1 Å². The van der Waals surface area contributed by atoms with Crippen LogP contribution in [-0.2, 0) is 0 Å². The van der Waals surface area contributed by atoms with Crippen molar-refractivity contribution < 1.29 is 4.58 Å². The second kappa shape index (κ2) is 8.74. The fourth-order valence-electron chi connectivity index (χ4n) is 5.32. The third kappa shape index (κ3) is 3.78. The van der Waals surface area contributed by atoms with Gasteiger partial charge in [-0.1, -0.05) is 91.0 Å². The molecule has 0 radical (unpaired) electrons. The first-order valence-corrected chi connectivity index (χ1v) is 11.6. The normalized spacial score (nSPS) is 23.0. The number of benzene rings is 3. The van der Waals surface area contributed by atoms with E-state index in [1.54, 1.807) is 0 Å². The third-order valence-electron chi connectivity index (χ3n) is 7.00. The molecule has 0 aliphatic carbocycles. The van der Waals surface area contributed by atoms with E-state index in [-0.39, 0.29) is 12.1 Å². The van der Waals surface area contributed by atoms with Crippen LogP contribution < -0.4 is 0 Å². The lowest BCUT2D eigenvalue weighted by Crippen LogP contribution is -2.34. The van der Waals surface area contributed by atoms with Crippen molar-refractivity contribution >= 4 is 11.9 Å². The van der Waals surface area contributed by atoms with Crippen LogP contribution in [0.5, 0.6) is 0 Å². The summed E-state index contributed by atoms with van der Waals surface area (Å²) in [7, 11) is 8.62. The van der Waals surface area contributed by atoms with Gasteiger partial charge in [-0.05, 0) is 21.7 Å². The summed E-state index contributed by atoms with van der Waals surface area (Å²) in [5, 5.41) is 0. The van der Waals surface area contributed by atoms with E-state index in [1.165, 1.54) is 16.7 Å². The molecule has 0 saturated carbocycles. The Morgan fingerprint density at radius 3 is 1.52 bits per heavy atom. The maximum Gasteiger partial charge on any atom is 0.393 e. The largest absolute Gasteiger partial charge is 0.393 e. The van der Waals surface area contributed by atoms with E-state index in [0.717, 1.165) is 18.5 Å².